The molecule has 0 fully saturated rings. The van der Waals surface area contributed by atoms with Crippen LogP contribution in [0.4, 0.5) is 0 Å². The Labute approximate surface area is 193 Å². The molecule has 0 heterocycles. The third kappa shape index (κ3) is 71.5. The Balaban J connectivity index is -0.000000149. The molecule has 0 aliphatic heterocycles. The summed E-state index contributed by atoms with van der Waals surface area (Å²) in [5.41, 5.74) is 0. The van der Waals surface area contributed by atoms with E-state index in [2.05, 4.69) is 26.0 Å². The maximum absolute atomic E-state index is 8.59. The van der Waals surface area contributed by atoms with E-state index in [4.69, 9.17) is 28.7 Å². The predicted molar refractivity (Wildman–Crippen MR) is 102 cm³/mol. The van der Waals surface area contributed by atoms with Crippen LogP contribution in [0.2, 0.25) is 0 Å². The molecule has 0 aliphatic rings. The van der Waals surface area contributed by atoms with E-state index in [0.717, 1.165) is 6.42 Å². The maximum Gasteiger partial charge on any atom is 2.00 e. The molecule has 0 aliphatic carbocycles. The van der Waals surface area contributed by atoms with E-state index >= 15 is 0 Å². The molecule has 6 nitrogen and oxygen atoms in total. The zero-order chi connectivity index (χ0) is 20.5. The molecule has 10 heteroatoms. The van der Waals surface area contributed by atoms with Crippen LogP contribution in [-0.4, -0.2) is 4.89 Å². The van der Waals surface area contributed by atoms with Crippen LogP contribution in [-0.2, 0) is 42.1 Å². The van der Waals surface area contributed by atoms with Crippen LogP contribution in [0.15, 0.2) is 12.2 Å². The van der Waals surface area contributed by atoms with Crippen molar-refractivity contribution in [2.75, 3.05) is 0 Å². The van der Waals surface area contributed by atoms with Gasteiger partial charge in [0.15, 0.2) is 0 Å². The van der Waals surface area contributed by atoms with Gasteiger partial charge in [-0.1, -0.05) is 81.4 Å². The van der Waals surface area contributed by atoms with E-state index in [0.29, 0.717) is 0 Å². The van der Waals surface area contributed by atoms with E-state index < -0.39 is 16.5 Å². The average Bonchev–Trinajstić information content (AvgIpc) is 2.54. The van der Waals surface area contributed by atoms with Crippen LogP contribution in [0.25, 0.3) is 0 Å². The van der Waals surface area contributed by atoms with Gasteiger partial charge in [0.05, 0.1) is 0 Å². The summed E-state index contributed by atoms with van der Waals surface area (Å²) in [6.45, 7) is 6.15. The number of unbranched alkanes of at least 4 members (excludes halogenated alkanes) is 12. The fraction of sp³-hybridized carbons (Fsp3) is 0.833. The van der Waals surface area contributed by atoms with Crippen molar-refractivity contribution in [1.82, 2.24) is 0 Å². The molecule has 28 heavy (non-hydrogen) atoms. The van der Waals surface area contributed by atoms with Crippen molar-refractivity contribution < 1.29 is 61.7 Å². The standard InChI is InChI=1S/C18H35.2Ni.2HO3P/c1-3-5-7-9-11-13-15-17-18-16-14-12-10-8-6-4-2;;;2*1-4(2)3/h17-18H,1,3-16H2,2H3;;;2*(H,1,2,3)/q-1;2*+2;;/p-1/b18-17-;;;;. The van der Waals surface area contributed by atoms with Crippen molar-refractivity contribution in [1.29, 1.82) is 0 Å². The van der Waals surface area contributed by atoms with Crippen LogP contribution in [0, 0.1) is 6.92 Å². The van der Waals surface area contributed by atoms with Crippen molar-refractivity contribution in [3.05, 3.63) is 19.1 Å². The second kappa shape index (κ2) is 38.4. The minimum atomic E-state index is -3.37. The Morgan fingerprint density at radius 1 is 0.750 bits per heavy atom. The number of rotatable bonds is 14. The van der Waals surface area contributed by atoms with Gasteiger partial charge in [-0.2, -0.15) is 11.3 Å². The Kier molecular flexibility index (Phi) is 53.8. The predicted octanol–water partition coefficient (Wildman–Crippen LogP) is 4.21. The van der Waals surface area contributed by atoms with Gasteiger partial charge in [-0.3, -0.25) is 0 Å². The molecule has 0 aromatic heterocycles. The molecule has 1 unspecified atom stereocenters. The summed E-state index contributed by atoms with van der Waals surface area (Å²) < 4.78 is 17.1. The smallest absolute Gasteiger partial charge is 0.598 e. The van der Waals surface area contributed by atoms with E-state index in [-0.39, 0.29) is 33.0 Å². The molecule has 0 spiro atoms. The van der Waals surface area contributed by atoms with Gasteiger partial charge >= 0.3 is 41.2 Å². The van der Waals surface area contributed by atoms with Gasteiger partial charge in [0.25, 0.3) is 8.25 Å². The monoisotopic (exact) mass is 526 g/mol. The van der Waals surface area contributed by atoms with Crippen LogP contribution in [0.5, 0.6) is 0 Å². The van der Waals surface area contributed by atoms with E-state index in [9.17, 15) is 0 Å². The largest absolute Gasteiger partial charge is 2.00 e. The van der Waals surface area contributed by atoms with E-state index in [1.807, 2.05) is 0 Å². The molecule has 0 saturated carbocycles. The van der Waals surface area contributed by atoms with Gasteiger partial charge in [-0.25, -0.2) is 0 Å². The number of allylic oxidation sites excluding steroid dienone is 2. The minimum absolute atomic E-state index is 0. The van der Waals surface area contributed by atoms with Crippen molar-refractivity contribution in [2.24, 2.45) is 0 Å². The van der Waals surface area contributed by atoms with Crippen LogP contribution in [0.1, 0.15) is 96.8 Å². The molecule has 0 amide bonds. The third-order valence-electron chi connectivity index (χ3n) is 3.51. The van der Waals surface area contributed by atoms with E-state index in [1.165, 1.54) is 83.5 Å². The van der Waals surface area contributed by atoms with Gasteiger partial charge in [0.2, 0.25) is 0 Å². The molecule has 172 valence electrons. The summed E-state index contributed by atoms with van der Waals surface area (Å²) in [6, 6.07) is 0. The topological polar surface area (TPSA) is 124 Å². The summed E-state index contributed by atoms with van der Waals surface area (Å²) in [5, 5.41) is 0. The Bertz CT molecular complexity index is 297. The SMILES string of the molecule is O=[P+]([O-])O.O=[P+]([O-])[O-].[CH2-]CCCCCCC/C=C\CCCCCCCC.[Ni+2].[Ni+2]. The Morgan fingerprint density at radius 3 is 1.36 bits per heavy atom. The molecular weight excluding hydrogens is 492 g/mol. The third-order valence-corrected chi connectivity index (χ3v) is 3.51. The summed E-state index contributed by atoms with van der Waals surface area (Å²) in [5.74, 6) is 0. The summed E-state index contributed by atoms with van der Waals surface area (Å²) in [4.78, 5) is 32.6. The molecule has 0 rings (SSSR count). The molecule has 0 bridgehead atoms. The molecule has 0 aromatic rings. The van der Waals surface area contributed by atoms with Gasteiger partial charge in [-0.15, -0.1) is 0 Å². The van der Waals surface area contributed by atoms with Crippen LogP contribution < -0.4 is 14.7 Å². The van der Waals surface area contributed by atoms with Crippen molar-refractivity contribution in [3.8, 4) is 0 Å². The first-order valence-corrected chi connectivity index (χ1v) is 11.7. The van der Waals surface area contributed by atoms with Gasteiger partial charge in [0, 0.05) is 0 Å². The first-order valence-electron chi connectivity index (χ1n) is 9.47. The van der Waals surface area contributed by atoms with Gasteiger partial charge in [-0.05, 0) is 30.2 Å². The quantitative estimate of drug-likeness (QED) is 0.119. The Hall–Kier alpha value is 0.767. The van der Waals surface area contributed by atoms with Crippen LogP contribution in [0.3, 0.4) is 0 Å². The van der Waals surface area contributed by atoms with Crippen molar-refractivity contribution in [3.63, 3.8) is 0 Å². The maximum atomic E-state index is 8.59. The normalized spacial score (nSPS) is 9.86. The molecule has 0 radical (unpaired) electrons. The van der Waals surface area contributed by atoms with Crippen molar-refractivity contribution in [2.45, 2.75) is 96.8 Å². The molecule has 1 N–H and O–H groups in total. The fourth-order valence-corrected chi connectivity index (χ4v) is 2.25. The van der Waals surface area contributed by atoms with Crippen molar-refractivity contribution >= 4 is 16.5 Å². The minimum Gasteiger partial charge on any atom is -0.598 e. The first-order chi connectivity index (χ1) is 12.4. The summed E-state index contributed by atoms with van der Waals surface area (Å²) >= 11 is 0. The van der Waals surface area contributed by atoms with Gasteiger partial charge < -0.3 is 21.6 Å². The molecule has 1 atom stereocenters. The molecule has 0 aromatic carbocycles. The zero-order valence-corrected chi connectivity index (χ0v) is 20.5. The fourth-order valence-electron chi connectivity index (χ4n) is 2.25. The second-order valence-electron chi connectivity index (χ2n) is 5.90. The average molecular weight is 528 g/mol. The number of hydrogen-bond acceptors (Lipinski definition) is 5. The van der Waals surface area contributed by atoms with Gasteiger partial charge in [0.1, 0.15) is 0 Å². The van der Waals surface area contributed by atoms with Crippen LogP contribution >= 0.6 is 16.5 Å². The molecule has 0 saturated heterocycles. The zero-order valence-electron chi connectivity index (χ0n) is 16.8. The summed E-state index contributed by atoms with van der Waals surface area (Å²) in [6.07, 6.45) is 23.8. The summed E-state index contributed by atoms with van der Waals surface area (Å²) in [7, 11) is -6.49. The van der Waals surface area contributed by atoms with E-state index in [1.54, 1.807) is 0 Å². The second-order valence-corrected chi connectivity index (χ2v) is 6.82. The molecular formula is C18H36Ni2O6P2+2. The Morgan fingerprint density at radius 2 is 1.04 bits per heavy atom. The number of hydrogen-bond donors (Lipinski definition) is 1. The first kappa shape index (κ1) is 39.3.